The Hall–Kier alpha value is -0.960. The number of rotatable bonds is 1. The molecule has 2 aliphatic rings. The quantitative estimate of drug-likeness (QED) is 0.821. The van der Waals surface area contributed by atoms with Crippen LogP contribution in [-0.2, 0) is 0 Å². The van der Waals surface area contributed by atoms with E-state index in [1.807, 2.05) is 11.8 Å². The molecule has 1 aromatic rings. The number of anilines is 1. The molecule has 0 radical (unpaired) electrons. The molecule has 0 bridgehead atoms. The second-order valence-corrected chi connectivity index (χ2v) is 6.53. The number of aliphatic imine (C=N–C) groups is 1. The van der Waals surface area contributed by atoms with E-state index in [0.717, 1.165) is 5.17 Å². The van der Waals surface area contributed by atoms with Gasteiger partial charge in [0.05, 0.1) is 5.54 Å². The second-order valence-electron chi connectivity index (χ2n) is 5.56. The van der Waals surface area contributed by atoms with Crippen molar-refractivity contribution in [1.82, 2.24) is 0 Å². The van der Waals surface area contributed by atoms with Crippen molar-refractivity contribution in [2.75, 3.05) is 11.1 Å². The van der Waals surface area contributed by atoms with Gasteiger partial charge in [-0.25, -0.2) is 0 Å². The lowest BCUT2D eigenvalue weighted by molar-refractivity contribution is 0.508. The summed E-state index contributed by atoms with van der Waals surface area (Å²) in [6, 6.07) is 6.52. The van der Waals surface area contributed by atoms with Gasteiger partial charge < -0.3 is 5.32 Å². The highest BCUT2D eigenvalue weighted by Crippen LogP contribution is 2.41. The molecule has 0 saturated heterocycles. The van der Waals surface area contributed by atoms with E-state index in [1.54, 1.807) is 0 Å². The lowest BCUT2D eigenvalue weighted by atomic mass is 10.0. The normalized spacial score (nSPS) is 21.3. The lowest BCUT2D eigenvalue weighted by Gasteiger charge is -2.16. The predicted octanol–water partition coefficient (Wildman–Crippen LogP) is 4.13. The number of hydrogen-bond acceptors (Lipinski definition) is 3. The monoisotopic (exact) mass is 260 g/mol. The fraction of sp³-hybridized carbons (Fsp3) is 0.533. The van der Waals surface area contributed by atoms with Gasteiger partial charge in [-0.15, -0.1) is 0 Å². The molecule has 1 saturated carbocycles. The highest BCUT2D eigenvalue weighted by atomic mass is 32.2. The third kappa shape index (κ3) is 2.28. The molecular formula is C15H20N2S. The van der Waals surface area contributed by atoms with Crippen LogP contribution in [0.2, 0.25) is 0 Å². The average Bonchev–Trinajstić information content (AvgIpc) is 2.96. The molecular weight excluding hydrogens is 240 g/mol. The largest absolute Gasteiger partial charge is 0.335 e. The maximum absolute atomic E-state index is 4.93. The van der Waals surface area contributed by atoms with Crippen LogP contribution in [0.3, 0.4) is 0 Å². The summed E-state index contributed by atoms with van der Waals surface area (Å²) in [4.78, 5) is 4.93. The Kier molecular flexibility index (Phi) is 3.10. The van der Waals surface area contributed by atoms with Crippen molar-refractivity contribution in [2.24, 2.45) is 4.99 Å². The molecule has 1 fully saturated rings. The lowest BCUT2D eigenvalue weighted by Crippen LogP contribution is -2.21. The van der Waals surface area contributed by atoms with Gasteiger partial charge in [-0.1, -0.05) is 30.7 Å². The minimum absolute atomic E-state index is 0.271. The molecule has 96 valence electrons. The molecule has 18 heavy (non-hydrogen) atoms. The molecule has 1 aliphatic carbocycles. The van der Waals surface area contributed by atoms with E-state index in [-0.39, 0.29) is 5.54 Å². The van der Waals surface area contributed by atoms with Gasteiger partial charge in [-0.3, -0.25) is 4.99 Å². The van der Waals surface area contributed by atoms with Gasteiger partial charge in [0.25, 0.3) is 0 Å². The molecule has 3 heteroatoms. The van der Waals surface area contributed by atoms with Gasteiger partial charge in [0.15, 0.2) is 5.17 Å². The molecule has 3 rings (SSSR count). The van der Waals surface area contributed by atoms with Crippen molar-refractivity contribution in [2.45, 2.75) is 45.1 Å². The molecule has 1 aromatic carbocycles. The van der Waals surface area contributed by atoms with E-state index in [1.165, 1.54) is 48.3 Å². The number of aryl methyl sites for hydroxylation is 2. The summed E-state index contributed by atoms with van der Waals surface area (Å²) in [5.41, 5.74) is 4.11. The molecule has 0 atom stereocenters. The Morgan fingerprint density at radius 1 is 1.17 bits per heavy atom. The number of benzene rings is 1. The van der Waals surface area contributed by atoms with Crippen LogP contribution >= 0.6 is 11.8 Å². The zero-order valence-corrected chi connectivity index (χ0v) is 11.9. The minimum Gasteiger partial charge on any atom is -0.335 e. The van der Waals surface area contributed by atoms with Crippen molar-refractivity contribution in [3.8, 4) is 0 Å². The van der Waals surface area contributed by atoms with Gasteiger partial charge >= 0.3 is 0 Å². The summed E-state index contributed by atoms with van der Waals surface area (Å²) < 4.78 is 0. The fourth-order valence-electron chi connectivity index (χ4n) is 2.78. The highest BCUT2D eigenvalue weighted by Gasteiger charge is 2.38. The van der Waals surface area contributed by atoms with Crippen LogP contribution in [0.5, 0.6) is 0 Å². The molecule has 2 nitrogen and oxygen atoms in total. The first-order chi connectivity index (χ1) is 8.67. The average molecular weight is 260 g/mol. The van der Waals surface area contributed by atoms with Crippen LogP contribution in [0.4, 0.5) is 5.69 Å². The molecule has 1 spiro atoms. The van der Waals surface area contributed by atoms with E-state index in [2.05, 4.69) is 37.4 Å². The summed E-state index contributed by atoms with van der Waals surface area (Å²) in [6.45, 7) is 4.30. The summed E-state index contributed by atoms with van der Waals surface area (Å²) >= 11 is 1.88. The third-order valence-corrected chi connectivity index (χ3v) is 5.26. The maximum atomic E-state index is 4.93. The van der Waals surface area contributed by atoms with Crippen LogP contribution in [-0.4, -0.2) is 16.5 Å². The minimum atomic E-state index is 0.271. The van der Waals surface area contributed by atoms with Crippen molar-refractivity contribution >= 4 is 22.6 Å². The Morgan fingerprint density at radius 2 is 1.94 bits per heavy atom. The third-order valence-electron chi connectivity index (χ3n) is 4.11. The molecule has 1 aliphatic heterocycles. The van der Waals surface area contributed by atoms with Gasteiger partial charge in [0, 0.05) is 11.4 Å². The first-order valence-electron chi connectivity index (χ1n) is 6.74. The SMILES string of the molecule is Cc1ccc(NC2=NC3(CCCC3)CS2)cc1C. The molecule has 1 N–H and O–H groups in total. The first kappa shape index (κ1) is 12.1. The van der Waals surface area contributed by atoms with Crippen molar-refractivity contribution in [3.63, 3.8) is 0 Å². The highest BCUT2D eigenvalue weighted by molar-refractivity contribution is 8.14. The first-order valence-corrected chi connectivity index (χ1v) is 7.72. The zero-order chi connectivity index (χ0) is 12.6. The van der Waals surface area contributed by atoms with Crippen LogP contribution in [0, 0.1) is 13.8 Å². The Bertz CT molecular complexity index is 487. The number of nitrogens with one attached hydrogen (secondary N) is 1. The summed E-state index contributed by atoms with van der Waals surface area (Å²) in [6.07, 6.45) is 5.25. The molecule has 0 aromatic heterocycles. The topological polar surface area (TPSA) is 24.4 Å². The van der Waals surface area contributed by atoms with Crippen LogP contribution in [0.1, 0.15) is 36.8 Å². The summed E-state index contributed by atoms with van der Waals surface area (Å²) in [5, 5.41) is 4.58. The van der Waals surface area contributed by atoms with E-state index in [4.69, 9.17) is 4.99 Å². The Balaban J connectivity index is 1.75. The predicted molar refractivity (Wildman–Crippen MR) is 80.6 cm³/mol. The second kappa shape index (κ2) is 4.61. The van der Waals surface area contributed by atoms with E-state index in [9.17, 15) is 0 Å². The standard InChI is InChI=1S/C15H20N2S/c1-11-5-6-13(9-12(11)2)16-14-17-15(10-18-14)7-3-4-8-15/h5-6,9H,3-4,7-8,10H2,1-2H3,(H,16,17). The van der Waals surface area contributed by atoms with Gasteiger partial charge in [0.2, 0.25) is 0 Å². The van der Waals surface area contributed by atoms with Crippen LogP contribution < -0.4 is 5.32 Å². The van der Waals surface area contributed by atoms with E-state index < -0.39 is 0 Å². The molecule has 0 amide bonds. The Morgan fingerprint density at radius 3 is 2.67 bits per heavy atom. The van der Waals surface area contributed by atoms with Crippen molar-refractivity contribution < 1.29 is 0 Å². The number of thioether (sulfide) groups is 1. The van der Waals surface area contributed by atoms with Gasteiger partial charge in [-0.2, -0.15) is 0 Å². The summed E-state index contributed by atoms with van der Waals surface area (Å²) in [5.74, 6) is 1.17. The number of amidine groups is 1. The fourth-order valence-corrected chi connectivity index (χ4v) is 3.99. The Labute approximate surface area is 113 Å². The van der Waals surface area contributed by atoms with Crippen molar-refractivity contribution in [3.05, 3.63) is 29.3 Å². The number of nitrogens with zero attached hydrogens (tertiary/aromatic N) is 1. The zero-order valence-electron chi connectivity index (χ0n) is 11.1. The molecule has 1 heterocycles. The smallest absolute Gasteiger partial charge is 0.161 e. The number of hydrogen-bond donors (Lipinski definition) is 1. The van der Waals surface area contributed by atoms with Gasteiger partial charge in [-0.05, 0) is 49.9 Å². The molecule has 0 unspecified atom stereocenters. The van der Waals surface area contributed by atoms with Crippen LogP contribution in [0.15, 0.2) is 23.2 Å². The van der Waals surface area contributed by atoms with Gasteiger partial charge in [0.1, 0.15) is 0 Å². The van der Waals surface area contributed by atoms with Crippen molar-refractivity contribution in [1.29, 1.82) is 0 Å². The van der Waals surface area contributed by atoms with E-state index in [0.29, 0.717) is 0 Å². The van der Waals surface area contributed by atoms with Crippen LogP contribution in [0.25, 0.3) is 0 Å². The summed E-state index contributed by atoms with van der Waals surface area (Å²) in [7, 11) is 0. The van der Waals surface area contributed by atoms with E-state index >= 15 is 0 Å². The maximum Gasteiger partial charge on any atom is 0.161 e.